The van der Waals surface area contributed by atoms with E-state index in [0.717, 1.165) is 12.8 Å². The van der Waals surface area contributed by atoms with Gasteiger partial charge in [-0.25, -0.2) is 4.79 Å². The number of nitrogens with one attached hydrogen (secondary N) is 1. The normalized spacial score (nSPS) is 30.5. The van der Waals surface area contributed by atoms with Crippen molar-refractivity contribution in [1.82, 2.24) is 5.32 Å². The fourth-order valence-electron chi connectivity index (χ4n) is 4.39. The lowest BCUT2D eigenvalue weighted by atomic mass is 9.67. The van der Waals surface area contributed by atoms with Crippen molar-refractivity contribution in [2.45, 2.75) is 64.8 Å². The van der Waals surface area contributed by atoms with E-state index in [0.29, 0.717) is 44.3 Å². The van der Waals surface area contributed by atoms with E-state index in [-0.39, 0.29) is 11.3 Å². The first kappa shape index (κ1) is 17.3. The summed E-state index contributed by atoms with van der Waals surface area (Å²) in [6.45, 7) is 7.53. The van der Waals surface area contributed by atoms with Crippen LogP contribution in [0, 0.1) is 17.3 Å². The average Bonchev–Trinajstić information content (AvgIpc) is 2.36. The van der Waals surface area contributed by atoms with Crippen molar-refractivity contribution in [2.75, 3.05) is 13.2 Å². The van der Waals surface area contributed by atoms with E-state index in [2.05, 4.69) is 26.1 Å². The molecule has 1 aliphatic carbocycles. The van der Waals surface area contributed by atoms with Crippen LogP contribution in [0.15, 0.2) is 0 Å². The van der Waals surface area contributed by atoms with Crippen molar-refractivity contribution in [3.63, 3.8) is 0 Å². The Morgan fingerprint density at radius 2 is 1.86 bits per heavy atom. The molecule has 2 fully saturated rings. The number of aliphatic carboxylic acids is 1. The van der Waals surface area contributed by atoms with Crippen LogP contribution in [0.25, 0.3) is 0 Å². The highest BCUT2D eigenvalue weighted by atomic mass is 16.5. The summed E-state index contributed by atoms with van der Waals surface area (Å²) in [4.78, 5) is 24.0. The summed E-state index contributed by atoms with van der Waals surface area (Å²) in [6.07, 6.45) is 4.42. The van der Waals surface area contributed by atoms with Crippen molar-refractivity contribution < 1.29 is 19.4 Å². The molecule has 2 aliphatic rings. The third-order valence-corrected chi connectivity index (χ3v) is 5.09. The molecule has 1 saturated carbocycles. The molecular weight excluding hydrogens is 282 g/mol. The van der Waals surface area contributed by atoms with Gasteiger partial charge in [0, 0.05) is 32.5 Å². The second-order valence-corrected chi connectivity index (χ2v) is 8.03. The first-order chi connectivity index (χ1) is 10.2. The van der Waals surface area contributed by atoms with Crippen molar-refractivity contribution >= 4 is 11.9 Å². The first-order valence-electron chi connectivity index (χ1n) is 8.35. The van der Waals surface area contributed by atoms with Gasteiger partial charge >= 0.3 is 5.97 Å². The maximum Gasteiger partial charge on any atom is 0.329 e. The molecule has 5 nitrogen and oxygen atoms in total. The Bertz CT molecular complexity index is 426. The Balaban J connectivity index is 1.95. The summed E-state index contributed by atoms with van der Waals surface area (Å²) in [7, 11) is 0. The number of rotatable bonds is 4. The van der Waals surface area contributed by atoms with Crippen LogP contribution < -0.4 is 5.32 Å². The highest BCUT2D eigenvalue weighted by Crippen LogP contribution is 2.42. The lowest BCUT2D eigenvalue weighted by Gasteiger charge is -2.39. The maximum absolute atomic E-state index is 12.4. The number of carbonyl (C=O) groups is 2. The monoisotopic (exact) mass is 311 g/mol. The molecule has 126 valence electrons. The van der Waals surface area contributed by atoms with E-state index in [1.807, 2.05) is 0 Å². The van der Waals surface area contributed by atoms with Crippen LogP contribution in [0.3, 0.4) is 0 Å². The minimum Gasteiger partial charge on any atom is -0.480 e. The number of carboxylic acids is 1. The van der Waals surface area contributed by atoms with Gasteiger partial charge in [-0.3, -0.25) is 4.79 Å². The van der Waals surface area contributed by atoms with Gasteiger partial charge in [-0.1, -0.05) is 20.8 Å². The van der Waals surface area contributed by atoms with Gasteiger partial charge in [-0.05, 0) is 36.5 Å². The maximum atomic E-state index is 12.4. The molecule has 1 amide bonds. The lowest BCUT2D eigenvalue weighted by Crippen LogP contribution is -2.57. The van der Waals surface area contributed by atoms with Crippen molar-refractivity contribution in [1.29, 1.82) is 0 Å². The van der Waals surface area contributed by atoms with Gasteiger partial charge in [-0.15, -0.1) is 0 Å². The van der Waals surface area contributed by atoms with Gasteiger partial charge in [0.2, 0.25) is 5.91 Å². The largest absolute Gasteiger partial charge is 0.480 e. The van der Waals surface area contributed by atoms with Crippen LogP contribution in [0.5, 0.6) is 0 Å². The zero-order chi connectivity index (χ0) is 16.4. The molecule has 0 aromatic rings. The Kier molecular flexibility index (Phi) is 5.15. The standard InChI is InChI=1S/C17H29NO4/c1-12-8-13(11-16(2,3)10-12)9-14(19)18-17(15(20)21)4-6-22-7-5-17/h12-13H,4-11H2,1-3H3,(H,18,19)(H,20,21). The molecule has 5 heteroatoms. The Hall–Kier alpha value is -1.10. The summed E-state index contributed by atoms with van der Waals surface area (Å²) >= 11 is 0. The topological polar surface area (TPSA) is 75.6 Å². The lowest BCUT2D eigenvalue weighted by molar-refractivity contribution is -0.152. The van der Waals surface area contributed by atoms with Gasteiger partial charge in [-0.2, -0.15) is 0 Å². The molecule has 2 atom stereocenters. The molecule has 2 unspecified atom stereocenters. The summed E-state index contributed by atoms with van der Waals surface area (Å²) in [6, 6.07) is 0. The van der Waals surface area contributed by atoms with E-state index in [9.17, 15) is 14.7 Å². The van der Waals surface area contributed by atoms with E-state index < -0.39 is 11.5 Å². The molecule has 0 aromatic carbocycles. The van der Waals surface area contributed by atoms with Crippen LogP contribution in [0.2, 0.25) is 0 Å². The smallest absolute Gasteiger partial charge is 0.329 e. The molecule has 0 bridgehead atoms. The number of hydrogen-bond acceptors (Lipinski definition) is 3. The molecule has 0 spiro atoms. The molecule has 2 rings (SSSR count). The molecule has 2 N–H and O–H groups in total. The third-order valence-electron chi connectivity index (χ3n) is 5.09. The van der Waals surface area contributed by atoms with Crippen LogP contribution >= 0.6 is 0 Å². The number of carboxylic acid groups (broad SMARTS) is 1. The summed E-state index contributed by atoms with van der Waals surface area (Å²) in [5.41, 5.74) is -0.864. The van der Waals surface area contributed by atoms with E-state index in [1.54, 1.807) is 0 Å². The summed E-state index contributed by atoms with van der Waals surface area (Å²) in [5.74, 6) is -0.0943. The summed E-state index contributed by atoms with van der Waals surface area (Å²) < 4.78 is 5.23. The minimum atomic E-state index is -1.13. The SMILES string of the molecule is CC1CC(CC(=O)NC2(C(=O)O)CCOCC2)CC(C)(C)C1. The van der Waals surface area contributed by atoms with Crippen molar-refractivity contribution in [3.05, 3.63) is 0 Å². The number of hydrogen-bond donors (Lipinski definition) is 2. The van der Waals surface area contributed by atoms with Crippen LogP contribution in [-0.2, 0) is 14.3 Å². The van der Waals surface area contributed by atoms with Crippen LogP contribution in [0.1, 0.15) is 59.3 Å². The Labute approximate surface area is 132 Å². The van der Waals surface area contributed by atoms with Gasteiger partial charge in [0.25, 0.3) is 0 Å². The number of amides is 1. The van der Waals surface area contributed by atoms with Crippen molar-refractivity contribution in [2.24, 2.45) is 17.3 Å². The van der Waals surface area contributed by atoms with Crippen LogP contribution in [0.4, 0.5) is 0 Å². The second-order valence-electron chi connectivity index (χ2n) is 8.03. The average molecular weight is 311 g/mol. The van der Waals surface area contributed by atoms with Gasteiger partial charge in [0.1, 0.15) is 5.54 Å². The Morgan fingerprint density at radius 3 is 2.41 bits per heavy atom. The minimum absolute atomic E-state index is 0.126. The highest BCUT2D eigenvalue weighted by Gasteiger charge is 2.42. The van der Waals surface area contributed by atoms with Gasteiger partial charge in [0.15, 0.2) is 0 Å². The molecule has 1 heterocycles. The van der Waals surface area contributed by atoms with E-state index >= 15 is 0 Å². The molecule has 1 aliphatic heterocycles. The molecule has 0 aromatic heterocycles. The predicted molar refractivity (Wildman–Crippen MR) is 83.5 cm³/mol. The molecular formula is C17H29NO4. The quantitative estimate of drug-likeness (QED) is 0.837. The number of carbonyl (C=O) groups excluding carboxylic acids is 1. The fraction of sp³-hybridized carbons (Fsp3) is 0.882. The highest BCUT2D eigenvalue weighted by molar-refractivity contribution is 5.87. The predicted octanol–water partition coefficient (Wildman–Crippen LogP) is 2.59. The molecule has 22 heavy (non-hydrogen) atoms. The zero-order valence-corrected chi connectivity index (χ0v) is 14.0. The summed E-state index contributed by atoms with van der Waals surface area (Å²) in [5, 5.41) is 12.3. The molecule has 1 saturated heterocycles. The third kappa shape index (κ3) is 4.22. The zero-order valence-electron chi connectivity index (χ0n) is 14.0. The van der Waals surface area contributed by atoms with E-state index in [1.165, 1.54) is 6.42 Å². The van der Waals surface area contributed by atoms with Crippen molar-refractivity contribution in [3.8, 4) is 0 Å². The van der Waals surface area contributed by atoms with Gasteiger partial charge < -0.3 is 15.2 Å². The number of ether oxygens (including phenoxy) is 1. The van der Waals surface area contributed by atoms with Gasteiger partial charge in [0.05, 0.1) is 0 Å². The second kappa shape index (κ2) is 6.57. The molecule has 0 radical (unpaired) electrons. The van der Waals surface area contributed by atoms with E-state index in [4.69, 9.17) is 4.74 Å². The first-order valence-corrected chi connectivity index (χ1v) is 8.35. The Morgan fingerprint density at radius 1 is 1.23 bits per heavy atom. The van der Waals surface area contributed by atoms with Crippen LogP contribution in [-0.4, -0.2) is 35.7 Å². The fourth-order valence-corrected chi connectivity index (χ4v) is 4.39.